The van der Waals surface area contributed by atoms with Gasteiger partial charge in [-0.3, -0.25) is 4.79 Å². The molecule has 14 nitrogen and oxygen atoms in total. The Labute approximate surface area is 320 Å². The average molecular weight is 771 g/mol. The summed E-state index contributed by atoms with van der Waals surface area (Å²) in [6.45, 7) is 2.06. The number of aromatic amines is 1. The molecular weight excluding hydrogens is 724 g/mol. The number of aliphatic hydroxyl groups is 5. The molecule has 6 atom stereocenters. The third kappa shape index (κ3) is 6.60. The average Bonchev–Trinajstić information content (AvgIpc) is 3.95. The summed E-state index contributed by atoms with van der Waals surface area (Å²) in [5.74, 6) is 0.831. The topological polar surface area (TPSA) is 220 Å². The lowest BCUT2D eigenvalue weighted by molar-refractivity contribution is -0.374. The predicted molar refractivity (Wildman–Crippen MR) is 205 cm³/mol. The van der Waals surface area contributed by atoms with E-state index in [-0.39, 0.29) is 29.3 Å². The quantitative estimate of drug-likeness (QED) is 0.0649. The van der Waals surface area contributed by atoms with E-state index in [9.17, 15) is 40.5 Å². The van der Waals surface area contributed by atoms with Crippen molar-refractivity contribution in [2.24, 2.45) is 5.92 Å². The van der Waals surface area contributed by atoms with Crippen LogP contribution in [-0.2, 0) is 22.6 Å². The number of aliphatic hydroxyl groups excluding tert-OH is 4. The molecule has 1 aliphatic carbocycles. The molecule has 8 rings (SSSR count). The van der Waals surface area contributed by atoms with Crippen LogP contribution in [0.5, 0.6) is 17.2 Å². The van der Waals surface area contributed by atoms with Crippen LogP contribution >= 0.6 is 0 Å². The molecule has 8 N–H and O–H groups in total. The third-order valence-corrected chi connectivity index (χ3v) is 11.8. The second-order valence-electron chi connectivity index (χ2n) is 15.6. The highest BCUT2D eigenvalue weighted by atomic mass is 17.2. The molecular formula is C42H46N2O12. The molecule has 0 amide bonds. The van der Waals surface area contributed by atoms with Crippen LogP contribution < -0.4 is 10.2 Å². The minimum atomic E-state index is -2.35. The molecule has 1 fully saturated rings. The first-order chi connectivity index (χ1) is 26.8. The second kappa shape index (κ2) is 14.5. The Bertz CT molecular complexity index is 2440. The van der Waals surface area contributed by atoms with E-state index in [1.807, 2.05) is 36.1 Å². The number of phenols is 2. The fraction of sp³-hybridized carbons (Fsp3) is 0.405. The van der Waals surface area contributed by atoms with E-state index >= 15 is 0 Å². The minimum absolute atomic E-state index is 0.0265. The van der Waals surface area contributed by atoms with Gasteiger partial charge in [0.1, 0.15) is 65.2 Å². The maximum atomic E-state index is 13.4. The van der Waals surface area contributed by atoms with E-state index in [2.05, 4.69) is 4.98 Å². The summed E-state index contributed by atoms with van der Waals surface area (Å²) in [6.07, 6.45) is 2.56. The molecule has 4 heterocycles. The highest BCUT2D eigenvalue weighted by Gasteiger charge is 2.51. The molecule has 1 saturated carbocycles. The highest BCUT2D eigenvalue weighted by Crippen LogP contribution is 2.49. The van der Waals surface area contributed by atoms with Crippen molar-refractivity contribution in [1.29, 1.82) is 0 Å². The van der Waals surface area contributed by atoms with Crippen LogP contribution in [0.15, 0.2) is 76.3 Å². The fourth-order valence-electron chi connectivity index (χ4n) is 8.62. The van der Waals surface area contributed by atoms with Crippen molar-refractivity contribution in [2.75, 3.05) is 13.2 Å². The number of fused-ring (bicyclic) bond motifs is 4. The van der Waals surface area contributed by atoms with Gasteiger partial charge in [0.15, 0.2) is 16.8 Å². The number of nitrogens with one attached hydrogen (secondary N) is 1. The predicted octanol–water partition coefficient (Wildman–Crippen LogP) is 4.19. The van der Waals surface area contributed by atoms with Crippen molar-refractivity contribution in [3.8, 4) is 22.9 Å². The largest absolute Gasteiger partial charge is 0.508 e. The summed E-state index contributed by atoms with van der Waals surface area (Å²) in [5, 5.41) is 76.9. The fourth-order valence-corrected chi connectivity index (χ4v) is 8.62. The number of phenolic OH excluding ortho intramolecular Hbond substituents is 2. The summed E-state index contributed by atoms with van der Waals surface area (Å²) in [6, 6.07) is 12.3. The number of aryl methyl sites for hydroxylation is 1. The number of benzene rings is 3. The first-order valence-electron chi connectivity index (χ1n) is 18.8. The zero-order chi connectivity index (χ0) is 39.5. The number of aromatic nitrogens is 2. The van der Waals surface area contributed by atoms with E-state index in [1.165, 1.54) is 36.4 Å². The Morgan fingerprint density at radius 3 is 2.55 bits per heavy atom. The highest BCUT2D eigenvalue weighted by molar-refractivity contribution is 5.92. The third-order valence-electron chi connectivity index (χ3n) is 11.8. The molecule has 1 aliphatic heterocycles. The molecule has 0 saturated heterocycles. The zero-order valence-corrected chi connectivity index (χ0v) is 31.0. The van der Waals surface area contributed by atoms with Gasteiger partial charge in [0, 0.05) is 59.8 Å². The molecule has 3 aromatic carbocycles. The van der Waals surface area contributed by atoms with Gasteiger partial charge in [-0.05, 0) is 74.0 Å². The summed E-state index contributed by atoms with van der Waals surface area (Å²) in [4.78, 5) is 28.7. The first kappa shape index (κ1) is 38.0. The summed E-state index contributed by atoms with van der Waals surface area (Å²) < 4.78 is 15.2. The molecule has 0 radical (unpaired) electrons. The standard InChI is InChI=1S/C42H46N2O12/c1-22-13-33(48)30-14-25-15-35(41(2,26-5-3-4-6-26)55-38(25)36(39(30)54-22)44-18-24-11-12-43-31(24)19-44)56-53-21-42(52,40(51)37(50)34(49)20-45)17-23-7-10-32(47)28-9-8-27(46)16-29(23)28/h7-14,16,18-19,26,34-35,37,40,43,45-47,49-52H,3-6,15,17,20-21H2,1-2H3. The Hall–Kier alpha value is -4.93. The number of hydrogen-bond donors (Lipinski definition) is 8. The Morgan fingerprint density at radius 2 is 1.80 bits per heavy atom. The van der Waals surface area contributed by atoms with E-state index < -0.39 is 55.3 Å². The summed E-state index contributed by atoms with van der Waals surface area (Å²) >= 11 is 0. The maximum absolute atomic E-state index is 13.4. The van der Waals surface area contributed by atoms with Crippen molar-refractivity contribution in [2.45, 2.75) is 88.0 Å². The Morgan fingerprint density at radius 1 is 1.02 bits per heavy atom. The number of H-pyrrole nitrogens is 1. The maximum Gasteiger partial charge on any atom is 0.193 e. The van der Waals surface area contributed by atoms with Gasteiger partial charge in [-0.1, -0.05) is 18.9 Å². The smallest absolute Gasteiger partial charge is 0.193 e. The Kier molecular flexibility index (Phi) is 9.86. The second-order valence-corrected chi connectivity index (χ2v) is 15.6. The van der Waals surface area contributed by atoms with Crippen LogP contribution in [0.4, 0.5) is 0 Å². The zero-order valence-electron chi connectivity index (χ0n) is 31.0. The molecule has 3 aromatic heterocycles. The monoisotopic (exact) mass is 770 g/mol. The van der Waals surface area contributed by atoms with Crippen molar-refractivity contribution >= 4 is 32.6 Å². The van der Waals surface area contributed by atoms with Crippen molar-refractivity contribution in [1.82, 2.24) is 9.55 Å². The molecule has 56 heavy (non-hydrogen) atoms. The number of ether oxygens (including phenoxy) is 1. The number of hydrogen-bond acceptors (Lipinski definition) is 12. The van der Waals surface area contributed by atoms with Crippen LogP contribution in [0.1, 0.15) is 49.5 Å². The van der Waals surface area contributed by atoms with Gasteiger partial charge in [0.05, 0.1) is 17.5 Å². The van der Waals surface area contributed by atoms with Gasteiger partial charge in [-0.15, -0.1) is 0 Å². The van der Waals surface area contributed by atoms with E-state index in [1.54, 1.807) is 13.0 Å². The number of nitrogens with zero attached hydrogens (tertiary/aromatic N) is 1. The van der Waals surface area contributed by atoms with Crippen molar-refractivity contribution < 1.29 is 54.7 Å². The van der Waals surface area contributed by atoms with Gasteiger partial charge < -0.3 is 54.5 Å². The van der Waals surface area contributed by atoms with Gasteiger partial charge in [-0.25, -0.2) is 9.78 Å². The normalized spacial score (nSPS) is 21.6. The van der Waals surface area contributed by atoms with Crippen molar-refractivity contribution in [3.63, 3.8) is 0 Å². The lowest BCUT2D eigenvalue weighted by Gasteiger charge is -2.46. The van der Waals surface area contributed by atoms with Gasteiger partial charge in [-0.2, -0.15) is 0 Å². The van der Waals surface area contributed by atoms with Crippen molar-refractivity contribution in [3.05, 3.63) is 94.2 Å². The molecule has 2 aliphatic rings. The lowest BCUT2D eigenvalue weighted by atomic mass is 9.78. The van der Waals surface area contributed by atoms with Crippen LogP contribution in [0.2, 0.25) is 0 Å². The van der Waals surface area contributed by atoms with E-state index in [0.717, 1.165) is 36.6 Å². The van der Waals surface area contributed by atoms with Gasteiger partial charge in [0.25, 0.3) is 0 Å². The van der Waals surface area contributed by atoms with Gasteiger partial charge in [0.2, 0.25) is 0 Å². The summed E-state index contributed by atoms with van der Waals surface area (Å²) in [5.41, 5.74) is -0.680. The lowest BCUT2D eigenvalue weighted by Crippen LogP contribution is -2.58. The molecule has 296 valence electrons. The Balaban J connectivity index is 1.16. The van der Waals surface area contributed by atoms with E-state index in [0.29, 0.717) is 50.1 Å². The molecule has 0 bridgehead atoms. The molecule has 6 unspecified atom stereocenters. The van der Waals surface area contributed by atoms with Gasteiger partial charge >= 0.3 is 0 Å². The minimum Gasteiger partial charge on any atom is -0.508 e. The van der Waals surface area contributed by atoms with Crippen LogP contribution in [0.3, 0.4) is 0 Å². The van der Waals surface area contributed by atoms with Crippen LogP contribution in [-0.4, -0.2) is 94.1 Å². The molecule has 14 heteroatoms. The number of aromatic hydroxyl groups is 2. The number of rotatable bonds is 12. The summed E-state index contributed by atoms with van der Waals surface area (Å²) in [7, 11) is 0. The first-order valence-corrected chi connectivity index (χ1v) is 18.8. The molecule has 6 aromatic rings. The van der Waals surface area contributed by atoms with E-state index in [4.69, 9.17) is 18.9 Å². The SMILES string of the molecule is Cc1cc(=O)c2cc3c(c(-n4cc5cc[nH]c5c4)c2o1)OC(C)(C1CCCC1)C(OOCC(O)(Cc1ccc(O)c2ccc(O)cc12)C(O)C(O)C(O)CO)C3. The molecule has 0 spiro atoms. The van der Waals surface area contributed by atoms with Crippen LogP contribution in [0.25, 0.3) is 38.3 Å². The van der Waals surface area contributed by atoms with Crippen LogP contribution in [0, 0.1) is 12.8 Å².